The van der Waals surface area contributed by atoms with E-state index >= 15 is 0 Å². The van der Waals surface area contributed by atoms with Gasteiger partial charge >= 0.3 is 0 Å². The molecule has 0 atom stereocenters. The quantitative estimate of drug-likeness (QED) is 0.792. The number of nitriles is 1. The second-order valence-corrected chi connectivity index (χ2v) is 4.12. The number of nitrogens with zero attached hydrogens (tertiary/aromatic N) is 1. The first-order valence-corrected chi connectivity index (χ1v) is 5.55. The van der Waals surface area contributed by atoms with Crippen molar-refractivity contribution in [2.24, 2.45) is 0 Å². The SMILES string of the molecule is Cc1ccc(Oc2ccc(F)cc2C)c(C#N)c1. The first kappa shape index (κ1) is 12.1. The highest BCUT2D eigenvalue weighted by Gasteiger charge is 2.07. The van der Waals surface area contributed by atoms with Crippen LogP contribution in [0.25, 0.3) is 0 Å². The zero-order valence-corrected chi connectivity index (χ0v) is 10.2. The average Bonchev–Trinajstić information content (AvgIpc) is 2.34. The summed E-state index contributed by atoms with van der Waals surface area (Å²) < 4.78 is 18.6. The van der Waals surface area contributed by atoms with Gasteiger partial charge in [-0.2, -0.15) is 5.26 Å². The largest absolute Gasteiger partial charge is 0.456 e. The summed E-state index contributed by atoms with van der Waals surface area (Å²) in [4.78, 5) is 0. The molecule has 0 spiro atoms. The van der Waals surface area contributed by atoms with Gasteiger partial charge in [-0.1, -0.05) is 6.07 Å². The highest BCUT2D eigenvalue weighted by atomic mass is 19.1. The van der Waals surface area contributed by atoms with Crippen LogP contribution in [0, 0.1) is 31.0 Å². The fourth-order valence-electron chi connectivity index (χ4n) is 1.67. The van der Waals surface area contributed by atoms with Crippen LogP contribution >= 0.6 is 0 Å². The lowest BCUT2D eigenvalue weighted by atomic mass is 10.1. The van der Waals surface area contributed by atoms with E-state index in [9.17, 15) is 4.39 Å². The smallest absolute Gasteiger partial charge is 0.145 e. The van der Waals surface area contributed by atoms with E-state index in [1.807, 2.05) is 13.0 Å². The van der Waals surface area contributed by atoms with Crippen molar-refractivity contribution in [3.8, 4) is 17.6 Å². The van der Waals surface area contributed by atoms with E-state index in [0.29, 0.717) is 22.6 Å². The third-order valence-corrected chi connectivity index (χ3v) is 2.61. The number of hydrogen-bond donors (Lipinski definition) is 0. The fraction of sp³-hybridized carbons (Fsp3) is 0.133. The maximum atomic E-state index is 13.0. The standard InChI is InChI=1S/C15H12FNO/c1-10-3-5-15(12(7-10)9-17)18-14-6-4-13(16)8-11(14)2/h3-8H,1-2H3. The Bertz CT molecular complexity index is 629. The summed E-state index contributed by atoms with van der Waals surface area (Å²) in [6.45, 7) is 3.67. The Kier molecular flexibility index (Phi) is 3.29. The fourth-order valence-corrected chi connectivity index (χ4v) is 1.67. The normalized spacial score (nSPS) is 9.89. The van der Waals surface area contributed by atoms with Crippen molar-refractivity contribution < 1.29 is 9.13 Å². The van der Waals surface area contributed by atoms with Crippen molar-refractivity contribution in [1.82, 2.24) is 0 Å². The lowest BCUT2D eigenvalue weighted by molar-refractivity contribution is 0.475. The van der Waals surface area contributed by atoms with Gasteiger partial charge in [0.05, 0.1) is 5.56 Å². The van der Waals surface area contributed by atoms with Crippen LogP contribution in [-0.2, 0) is 0 Å². The molecular weight excluding hydrogens is 229 g/mol. The van der Waals surface area contributed by atoms with Gasteiger partial charge in [-0.05, 0) is 55.3 Å². The van der Waals surface area contributed by atoms with Gasteiger partial charge in [0.25, 0.3) is 0 Å². The summed E-state index contributed by atoms with van der Waals surface area (Å²) in [5.41, 5.74) is 2.16. The molecular formula is C15H12FNO. The molecule has 2 nitrogen and oxygen atoms in total. The molecule has 2 aromatic carbocycles. The molecule has 0 saturated carbocycles. The topological polar surface area (TPSA) is 33.0 Å². The minimum atomic E-state index is -0.302. The van der Waals surface area contributed by atoms with Crippen LogP contribution in [0.5, 0.6) is 11.5 Å². The van der Waals surface area contributed by atoms with Gasteiger partial charge in [0, 0.05) is 0 Å². The molecule has 0 N–H and O–H groups in total. The van der Waals surface area contributed by atoms with Gasteiger partial charge in [0.2, 0.25) is 0 Å². The number of hydrogen-bond acceptors (Lipinski definition) is 2. The summed E-state index contributed by atoms with van der Waals surface area (Å²) in [7, 11) is 0. The van der Waals surface area contributed by atoms with Crippen LogP contribution in [0.2, 0.25) is 0 Å². The molecule has 0 heterocycles. The minimum Gasteiger partial charge on any atom is -0.456 e. The molecule has 0 saturated heterocycles. The molecule has 0 radical (unpaired) electrons. The van der Waals surface area contributed by atoms with Gasteiger partial charge in [-0.3, -0.25) is 0 Å². The van der Waals surface area contributed by atoms with E-state index in [1.54, 1.807) is 25.1 Å². The lowest BCUT2D eigenvalue weighted by Gasteiger charge is -2.10. The number of ether oxygens (including phenoxy) is 1. The molecule has 0 aromatic heterocycles. The number of halogens is 1. The molecule has 0 unspecified atom stereocenters. The molecule has 18 heavy (non-hydrogen) atoms. The molecule has 0 aliphatic rings. The van der Waals surface area contributed by atoms with Crippen molar-refractivity contribution in [2.75, 3.05) is 0 Å². The average molecular weight is 241 g/mol. The van der Waals surface area contributed by atoms with Crippen molar-refractivity contribution in [1.29, 1.82) is 5.26 Å². The van der Waals surface area contributed by atoms with Crippen LogP contribution in [0.1, 0.15) is 16.7 Å². The Balaban J connectivity index is 2.37. The van der Waals surface area contributed by atoms with Crippen molar-refractivity contribution in [3.63, 3.8) is 0 Å². The van der Waals surface area contributed by atoms with Crippen molar-refractivity contribution >= 4 is 0 Å². The second kappa shape index (κ2) is 4.89. The molecule has 0 aliphatic heterocycles. The number of rotatable bonds is 2. The van der Waals surface area contributed by atoms with E-state index in [0.717, 1.165) is 5.56 Å². The van der Waals surface area contributed by atoms with Crippen LogP contribution in [-0.4, -0.2) is 0 Å². The molecule has 90 valence electrons. The van der Waals surface area contributed by atoms with Crippen molar-refractivity contribution in [3.05, 3.63) is 58.9 Å². The summed E-state index contributed by atoms with van der Waals surface area (Å²) in [6.07, 6.45) is 0. The third kappa shape index (κ3) is 2.49. The first-order valence-electron chi connectivity index (χ1n) is 5.55. The van der Waals surface area contributed by atoms with Crippen LogP contribution in [0.15, 0.2) is 36.4 Å². The van der Waals surface area contributed by atoms with Crippen LogP contribution < -0.4 is 4.74 Å². The third-order valence-electron chi connectivity index (χ3n) is 2.61. The summed E-state index contributed by atoms with van der Waals surface area (Å²) in [5.74, 6) is 0.735. The zero-order valence-electron chi connectivity index (χ0n) is 10.2. The first-order chi connectivity index (χ1) is 8.60. The molecule has 2 aromatic rings. The Morgan fingerprint density at radius 3 is 2.44 bits per heavy atom. The molecule has 0 bridgehead atoms. The van der Waals surface area contributed by atoms with E-state index < -0.39 is 0 Å². The Labute approximate surface area is 105 Å². The molecule has 0 amide bonds. The number of aryl methyl sites for hydroxylation is 2. The van der Waals surface area contributed by atoms with Gasteiger partial charge < -0.3 is 4.74 Å². The second-order valence-electron chi connectivity index (χ2n) is 4.12. The van der Waals surface area contributed by atoms with E-state index in [4.69, 9.17) is 10.00 Å². The van der Waals surface area contributed by atoms with Gasteiger partial charge in [0.15, 0.2) is 0 Å². The maximum Gasteiger partial charge on any atom is 0.145 e. The number of benzene rings is 2. The highest BCUT2D eigenvalue weighted by Crippen LogP contribution is 2.28. The Hall–Kier alpha value is -2.34. The highest BCUT2D eigenvalue weighted by molar-refractivity contribution is 5.48. The molecule has 0 aliphatic carbocycles. The van der Waals surface area contributed by atoms with Gasteiger partial charge in [0.1, 0.15) is 23.4 Å². The molecule has 0 fully saturated rings. The molecule has 3 heteroatoms. The van der Waals surface area contributed by atoms with Gasteiger partial charge in [-0.25, -0.2) is 4.39 Å². The predicted molar refractivity (Wildman–Crippen MR) is 67.1 cm³/mol. The van der Waals surface area contributed by atoms with E-state index in [-0.39, 0.29) is 5.82 Å². The van der Waals surface area contributed by atoms with Crippen LogP contribution in [0.4, 0.5) is 4.39 Å². The zero-order chi connectivity index (χ0) is 13.1. The minimum absolute atomic E-state index is 0.302. The van der Waals surface area contributed by atoms with Crippen molar-refractivity contribution in [2.45, 2.75) is 13.8 Å². The van der Waals surface area contributed by atoms with Crippen LogP contribution in [0.3, 0.4) is 0 Å². The predicted octanol–water partition coefficient (Wildman–Crippen LogP) is 4.11. The Morgan fingerprint density at radius 1 is 1.06 bits per heavy atom. The summed E-state index contributed by atoms with van der Waals surface area (Å²) in [5, 5.41) is 9.04. The maximum absolute atomic E-state index is 13.0. The molecule has 2 rings (SSSR count). The summed E-state index contributed by atoms with van der Waals surface area (Å²) >= 11 is 0. The monoisotopic (exact) mass is 241 g/mol. The van der Waals surface area contributed by atoms with E-state index in [2.05, 4.69) is 6.07 Å². The van der Waals surface area contributed by atoms with E-state index in [1.165, 1.54) is 12.1 Å². The lowest BCUT2D eigenvalue weighted by Crippen LogP contribution is -1.92. The van der Waals surface area contributed by atoms with Gasteiger partial charge in [-0.15, -0.1) is 0 Å². The Morgan fingerprint density at radius 2 is 1.78 bits per heavy atom. The summed E-state index contributed by atoms with van der Waals surface area (Å²) in [6, 6.07) is 11.8.